The Bertz CT molecular complexity index is 514. The fourth-order valence-electron chi connectivity index (χ4n) is 2.40. The van der Waals surface area contributed by atoms with Gasteiger partial charge in [-0.25, -0.2) is 0 Å². The molecular weight excluding hydrogens is 256 g/mol. The van der Waals surface area contributed by atoms with E-state index in [9.17, 15) is 9.90 Å². The Balaban J connectivity index is 2.30. The van der Waals surface area contributed by atoms with E-state index in [-0.39, 0.29) is 5.91 Å². The molecule has 1 aliphatic rings. The van der Waals surface area contributed by atoms with Crippen molar-refractivity contribution >= 4 is 11.6 Å². The van der Waals surface area contributed by atoms with Gasteiger partial charge in [0.2, 0.25) is 0 Å². The Morgan fingerprint density at radius 1 is 1.45 bits per heavy atom. The van der Waals surface area contributed by atoms with Crippen LogP contribution in [0, 0.1) is 0 Å². The van der Waals surface area contributed by atoms with Gasteiger partial charge in [0.15, 0.2) is 5.60 Å². The van der Waals surface area contributed by atoms with E-state index >= 15 is 0 Å². The van der Waals surface area contributed by atoms with E-state index in [4.69, 9.17) is 10.5 Å². The summed E-state index contributed by atoms with van der Waals surface area (Å²) in [6.45, 7) is 4.05. The summed E-state index contributed by atoms with van der Waals surface area (Å²) < 4.78 is 5.72. The molecule has 1 atom stereocenters. The number of rotatable bonds is 4. The molecule has 0 aliphatic carbocycles. The lowest BCUT2D eigenvalue weighted by molar-refractivity contribution is -0.132. The van der Waals surface area contributed by atoms with Gasteiger partial charge in [-0.2, -0.15) is 0 Å². The summed E-state index contributed by atoms with van der Waals surface area (Å²) in [5.74, 6) is 0.561. The van der Waals surface area contributed by atoms with Crippen molar-refractivity contribution in [2.24, 2.45) is 5.73 Å². The third-order valence-electron chi connectivity index (χ3n) is 3.60. The summed E-state index contributed by atoms with van der Waals surface area (Å²) in [7, 11) is 1.72. The van der Waals surface area contributed by atoms with Crippen molar-refractivity contribution < 1.29 is 14.6 Å². The average Bonchev–Trinajstić information content (AvgIpc) is 2.42. The number of aliphatic hydroxyl groups excluding tert-OH is 1. The van der Waals surface area contributed by atoms with Crippen molar-refractivity contribution in [2.45, 2.75) is 38.4 Å². The summed E-state index contributed by atoms with van der Waals surface area (Å²) in [6.07, 6.45) is 0.804. The molecule has 0 saturated heterocycles. The molecule has 1 heterocycles. The first-order chi connectivity index (χ1) is 9.36. The predicted molar refractivity (Wildman–Crippen MR) is 77.8 cm³/mol. The summed E-state index contributed by atoms with van der Waals surface area (Å²) in [5.41, 5.74) is 6.06. The van der Waals surface area contributed by atoms with Gasteiger partial charge in [0, 0.05) is 7.05 Å². The molecule has 0 aromatic heterocycles. The molecule has 0 radical (unpaired) electrons. The van der Waals surface area contributed by atoms with Crippen LogP contribution in [0.5, 0.6) is 5.75 Å². The maximum Gasteiger partial charge on any atom is 0.270 e. The molecule has 3 N–H and O–H groups in total. The molecule has 1 aliphatic heterocycles. The Morgan fingerprint density at radius 2 is 2.15 bits per heavy atom. The Morgan fingerprint density at radius 3 is 2.80 bits per heavy atom. The molecule has 20 heavy (non-hydrogen) atoms. The summed E-state index contributed by atoms with van der Waals surface area (Å²) in [6, 6.07) is 5.45. The van der Waals surface area contributed by atoms with Crippen LogP contribution in [0.1, 0.15) is 38.4 Å². The number of hydrogen-bond acceptors (Lipinski definition) is 4. The van der Waals surface area contributed by atoms with Gasteiger partial charge in [-0.1, -0.05) is 6.07 Å². The number of carbonyl (C=O) groups is 1. The highest BCUT2D eigenvalue weighted by Gasteiger charge is 2.39. The number of likely N-dealkylation sites (N-methyl/N-ethyl adjacent to an activating group) is 1. The van der Waals surface area contributed by atoms with Crippen LogP contribution < -0.4 is 15.4 Å². The average molecular weight is 278 g/mol. The van der Waals surface area contributed by atoms with E-state index in [1.54, 1.807) is 31.9 Å². The number of ether oxygens (including phenoxy) is 1. The lowest BCUT2D eigenvalue weighted by Crippen LogP contribution is -2.50. The number of anilines is 1. The molecule has 0 spiro atoms. The van der Waals surface area contributed by atoms with Crippen LogP contribution in [0.4, 0.5) is 5.69 Å². The molecule has 5 heteroatoms. The maximum atomic E-state index is 12.2. The highest BCUT2D eigenvalue weighted by molar-refractivity contribution is 6.01. The smallest absolute Gasteiger partial charge is 0.270 e. The van der Waals surface area contributed by atoms with Crippen LogP contribution in [-0.2, 0) is 4.79 Å². The Kier molecular flexibility index (Phi) is 4.01. The second-order valence-electron chi connectivity index (χ2n) is 5.65. The number of fused-ring (bicyclic) bond motifs is 1. The number of amides is 1. The Labute approximate surface area is 119 Å². The van der Waals surface area contributed by atoms with Crippen molar-refractivity contribution in [3.8, 4) is 5.75 Å². The largest absolute Gasteiger partial charge is 0.476 e. The van der Waals surface area contributed by atoms with Crippen molar-refractivity contribution in [2.75, 3.05) is 18.5 Å². The highest BCUT2D eigenvalue weighted by Crippen LogP contribution is 2.38. The third kappa shape index (κ3) is 2.64. The van der Waals surface area contributed by atoms with Gasteiger partial charge in [0.1, 0.15) is 5.75 Å². The van der Waals surface area contributed by atoms with E-state index in [2.05, 4.69) is 0 Å². The van der Waals surface area contributed by atoms with E-state index < -0.39 is 11.7 Å². The highest BCUT2D eigenvalue weighted by atomic mass is 16.5. The monoisotopic (exact) mass is 278 g/mol. The summed E-state index contributed by atoms with van der Waals surface area (Å²) in [4.78, 5) is 13.8. The van der Waals surface area contributed by atoms with Gasteiger partial charge in [-0.05, 0) is 50.9 Å². The van der Waals surface area contributed by atoms with Crippen LogP contribution in [-0.4, -0.2) is 30.2 Å². The zero-order valence-electron chi connectivity index (χ0n) is 12.2. The van der Waals surface area contributed by atoms with E-state index in [0.29, 0.717) is 24.4 Å². The van der Waals surface area contributed by atoms with Gasteiger partial charge in [-0.15, -0.1) is 0 Å². The number of benzene rings is 1. The van der Waals surface area contributed by atoms with Crippen molar-refractivity contribution in [1.29, 1.82) is 0 Å². The van der Waals surface area contributed by atoms with E-state index in [0.717, 1.165) is 12.0 Å². The van der Waals surface area contributed by atoms with Gasteiger partial charge < -0.3 is 20.5 Å². The number of hydrogen-bond donors (Lipinski definition) is 2. The van der Waals surface area contributed by atoms with E-state index in [1.165, 1.54) is 0 Å². The molecule has 110 valence electrons. The molecule has 0 saturated carbocycles. The fraction of sp³-hybridized carbons (Fsp3) is 0.533. The van der Waals surface area contributed by atoms with Crippen LogP contribution in [0.3, 0.4) is 0 Å². The third-order valence-corrected chi connectivity index (χ3v) is 3.60. The normalized spacial score (nSPS) is 18.4. The second-order valence-corrected chi connectivity index (χ2v) is 5.65. The molecule has 1 aromatic rings. The molecular formula is C15H22N2O3. The minimum Gasteiger partial charge on any atom is -0.476 e. The van der Waals surface area contributed by atoms with Crippen molar-refractivity contribution in [3.63, 3.8) is 0 Å². The molecule has 5 nitrogen and oxygen atoms in total. The standard InChI is InChI=1S/C15H22N2O3/c1-15(2)14(19)17(3)11-9-10(6-7-13(11)20-15)12(18)5-4-8-16/h6-7,9,12,18H,4-5,8,16H2,1-3H3. The summed E-state index contributed by atoms with van der Waals surface area (Å²) in [5, 5.41) is 10.1. The van der Waals surface area contributed by atoms with Gasteiger partial charge >= 0.3 is 0 Å². The first-order valence-electron chi connectivity index (χ1n) is 6.86. The summed E-state index contributed by atoms with van der Waals surface area (Å²) >= 11 is 0. The lowest BCUT2D eigenvalue weighted by Gasteiger charge is -2.37. The van der Waals surface area contributed by atoms with Crippen LogP contribution in [0.25, 0.3) is 0 Å². The number of aliphatic hydroxyl groups is 1. The molecule has 1 unspecified atom stereocenters. The molecule has 1 aromatic carbocycles. The molecule has 0 bridgehead atoms. The van der Waals surface area contributed by atoms with Gasteiger partial charge in [0.05, 0.1) is 11.8 Å². The molecule has 1 amide bonds. The SMILES string of the molecule is CN1C(=O)C(C)(C)Oc2ccc(C(O)CCCN)cc21. The predicted octanol–water partition coefficient (Wildman–Crippen LogP) is 1.59. The topological polar surface area (TPSA) is 75.8 Å². The maximum absolute atomic E-state index is 12.2. The minimum atomic E-state index is -0.860. The van der Waals surface area contributed by atoms with Crippen LogP contribution in [0.15, 0.2) is 18.2 Å². The van der Waals surface area contributed by atoms with Crippen molar-refractivity contribution in [1.82, 2.24) is 0 Å². The van der Waals surface area contributed by atoms with E-state index in [1.807, 2.05) is 12.1 Å². The van der Waals surface area contributed by atoms with Gasteiger partial charge in [-0.3, -0.25) is 4.79 Å². The number of carbonyl (C=O) groups excluding carboxylic acids is 1. The van der Waals surface area contributed by atoms with Gasteiger partial charge in [0.25, 0.3) is 5.91 Å². The minimum absolute atomic E-state index is 0.0985. The first-order valence-corrected chi connectivity index (χ1v) is 6.86. The zero-order chi connectivity index (χ0) is 14.9. The number of nitrogens with two attached hydrogens (primary N) is 1. The van der Waals surface area contributed by atoms with Crippen LogP contribution >= 0.6 is 0 Å². The zero-order valence-corrected chi connectivity index (χ0v) is 12.2. The lowest BCUT2D eigenvalue weighted by atomic mass is 10.00. The molecule has 2 rings (SSSR count). The Hall–Kier alpha value is -1.59. The molecule has 0 fully saturated rings. The number of nitrogens with zero attached hydrogens (tertiary/aromatic N) is 1. The first kappa shape index (κ1) is 14.8. The van der Waals surface area contributed by atoms with Crippen molar-refractivity contribution in [3.05, 3.63) is 23.8 Å². The second kappa shape index (κ2) is 5.42. The van der Waals surface area contributed by atoms with Crippen LogP contribution in [0.2, 0.25) is 0 Å². The quantitative estimate of drug-likeness (QED) is 0.877. The fourth-order valence-corrected chi connectivity index (χ4v) is 2.40.